The smallest absolute Gasteiger partial charge is 0.292 e. The minimum atomic E-state index is -0.423. The number of nitrogens with one attached hydrogen (secondary N) is 2. The van der Waals surface area contributed by atoms with E-state index in [-0.39, 0.29) is 23.4 Å². The predicted molar refractivity (Wildman–Crippen MR) is 99.6 cm³/mol. The topological polar surface area (TPSA) is 84.3 Å². The molecular formula is C18H18BrN3O3. The van der Waals surface area contributed by atoms with E-state index in [2.05, 4.69) is 26.6 Å². The van der Waals surface area contributed by atoms with Crippen LogP contribution in [0.2, 0.25) is 0 Å². The van der Waals surface area contributed by atoms with Crippen molar-refractivity contribution in [1.29, 1.82) is 0 Å². The summed E-state index contributed by atoms with van der Waals surface area (Å²) in [4.78, 5) is 22.7. The number of hydrogen-bond donors (Lipinski definition) is 2. The summed E-state index contributed by atoms with van der Waals surface area (Å²) >= 11 is 3.41. The SMILES string of the molecule is O=C(NCCNc1ccccc1[N+](=O)[O-])C1CC1c1ccc(Br)cc1. The van der Waals surface area contributed by atoms with E-state index < -0.39 is 4.92 Å². The molecule has 2 N–H and O–H groups in total. The van der Waals surface area contributed by atoms with Crippen LogP contribution in [0.15, 0.2) is 53.0 Å². The van der Waals surface area contributed by atoms with E-state index in [0.717, 1.165) is 10.9 Å². The van der Waals surface area contributed by atoms with Gasteiger partial charge in [-0.2, -0.15) is 0 Å². The molecule has 0 bridgehead atoms. The minimum absolute atomic E-state index is 0.0206. The number of benzene rings is 2. The third-order valence-electron chi connectivity index (χ3n) is 4.27. The highest BCUT2D eigenvalue weighted by molar-refractivity contribution is 9.10. The van der Waals surface area contributed by atoms with Gasteiger partial charge in [0.05, 0.1) is 4.92 Å². The molecule has 0 heterocycles. The van der Waals surface area contributed by atoms with Crippen molar-refractivity contribution in [2.45, 2.75) is 12.3 Å². The molecule has 130 valence electrons. The maximum atomic E-state index is 12.2. The molecule has 25 heavy (non-hydrogen) atoms. The monoisotopic (exact) mass is 403 g/mol. The van der Waals surface area contributed by atoms with E-state index in [9.17, 15) is 14.9 Å². The number of nitro benzene ring substituents is 1. The molecule has 1 aliphatic carbocycles. The van der Waals surface area contributed by atoms with Crippen molar-refractivity contribution in [1.82, 2.24) is 5.32 Å². The number of halogens is 1. The summed E-state index contributed by atoms with van der Waals surface area (Å²) in [6.45, 7) is 0.862. The summed E-state index contributed by atoms with van der Waals surface area (Å²) < 4.78 is 1.03. The largest absolute Gasteiger partial charge is 0.378 e. The molecule has 0 spiro atoms. The Labute approximate surface area is 153 Å². The fraction of sp³-hybridized carbons (Fsp3) is 0.278. The molecule has 1 aliphatic rings. The van der Waals surface area contributed by atoms with Crippen molar-refractivity contribution < 1.29 is 9.72 Å². The van der Waals surface area contributed by atoms with Crippen LogP contribution in [-0.2, 0) is 4.79 Å². The van der Waals surface area contributed by atoms with Crippen LogP contribution in [0.25, 0.3) is 0 Å². The lowest BCUT2D eigenvalue weighted by molar-refractivity contribution is -0.384. The normalized spacial score (nSPS) is 18.4. The molecule has 6 nitrogen and oxygen atoms in total. The average molecular weight is 404 g/mol. The lowest BCUT2D eigenvalue weighted by Gasteiger charge is -2.08. The molecule has 2 aromatic rings. The van der Waals surface area contributed by atoms with Gasteiger partial charge >= 0.3 is 0 Å². The van der Waals surface area contributed by atoms with Gasteiger partial charge in [0.25, 0.3) is 5.69 Å². The molecule has 0 aliphatic heterocycles. The zero-order valence-electron chi connectivity index (χ0n) is 13.4. The van der Waals surface area contributed by atoms with Crippen LogP contribution in [0.4, 0.5) is 11.4 Å². The number of para-hydroxylation sites is 2. The van der Waals surface area contributed by atoms with E-state index in [1.54, 1.807) is 18.2 Å². The van der Waals surface area contributed by atoms with Crippen molar-refractivity contribution in [2.75, 3.05) is 18.4 Å². The van der Waals surface area contributed by atoms with Gasteiger partial charge in [-0.25, -0.2) is 0 Å². The second-order valence-electron chi connectivity index (χ2n) is 5.99. The summed E-state index contributed by atoms with van der Waals surface area (Å²) in [6.07, 6.45) is 0.866. The number of amides is 1. The number of nitrogens with zero attached hydrogens (tertiary/aromatic N) is 1. The van der Waals surface area contributed by atoms with Crippen LogP contribution in [0.5, 0.6) is 0 Å². The Hall–Kier alpha value is -2.41. The average Bonchev–Trinajstić information content (AvgIpc) is 3.40. The lowest BCUT2D eigenvalue weighted by Crippen LogP contribution is -2.30. The number of anilines is 1. The molecule has 0 radical (unpaired) electrons. The highest BCUT2D eigenvalue weighted by atomic mass is 79.9. The Kier molecular flexibility index (Phi) is 5.33. The molecule has 1 fully saturated rings. The molecule has 7 heteroatoms. The van der Waals surface area contributed by atoms with Gasteiger partial charge in [0, 0.05) is 29.5 Å². The third-order valence-corrected chi connectivity index (χ3v) is 4.79. The Balaban J connectivity index is 1.44. The summed E-state index contributed by atoms with van der Waals surface area (Å²) in [6, 6.07) is 14.5. The lowest BCUT2D eigenvalue weighted by atomic mass is 10.1. The Morgan fingerprint density at radius 3 is 2.60 bits per heavy atom. The first-order valence-corrected chi connectivity index (χ1v) is 8.86. The number of carbonyl (C=O) groups is 1. The predicted octanol–water partition coefficient (Wildman–Crippen LogP) is 3.69. The van der Waals surface area contributed by atoms with Crippen molar-refractivity contribution in [2.24, 2.45) is 5.92 Å². The molecule has 2 unspecified atom stereocenters. The maximum absolute atomic E-state index is 12.2. The van der Waals surface area contributed by atoms with Crippen LogP contribution in [-0.4, -0.2) is 23.9 Å². The molecule has 2 atom stereocenters. The summed E-state index contributed by atoms with van der Waals surface area (Å²) in [5, 5.41) is 16.8. The van der Waals surface area contributed by atoms with Crippen molar-refractivity contribution >= 4 is 33.2 Å². The van der Waals surface area contributed by atoms with Gasteiger partial charge in [-0.1, -0.05) is 40.2 Å². The zero-order valence-corrected chi connectivity index (χ0v) is 15.0. The van der Waals surface area contributed by atoms with Crippen molar-refractivity contribution in [3.8, 4) is 0 Å². The fourth-order valence-electron chi connectivity index (χ4n) is 2.86. The zero-order chi connectivity index (χ0) is 17.8. The van der Waals surface area contributed by atoms with Crippen LogP contribution >= 0.6 is 15.9 Å². The summed E-state index contributed by atoms with van der Waals surface area (Å²) in [7, 11) is 0. The Bertz CT molecular complexity index is 779. The molecule has 0 saturated heterocycles. The molecule has 3 rings (SSSR count). The second-order valence-corrected chi connectivity index (χ2v) is 6.91. The Morgan fingerprint density at radius 1 is 1.16 bits per heavy atom. The van der Waals surface area contributed by atoms with Crippen molar-refractivity contribution in [3.63, 3.8) is 0 Å². The van der Waals surface area contributed by atoms with Gasteiger partial charge in [0.1, 0.15) is 5.69 Å². The van der Waals surface area contributed by atoms with Crippen LogP contribution in [0, 0.1) is 16.0 Å². The number of carbonyl (C=O) groups excluding carboxylic acids is 1. The van der Waals surface area contributed by atoms with Crippen LogP contribution < -0.4 is 10.6 Å². The quantitative estimate of drug-likeness (QED) is 0.419. The Morgan fingerprint density at radius 2 is 1.88 bits per heavy atom. The van der Waals surface area contributed by atoms with E-state index in [1.807, 2.05) is 24.3 Å². The molecule has 1 amide bonds. The third kappa shape index (κ3) is 4.36. The summed E-state index contributed by atoms with van der Waals surface area (Å²) in [5.74, 6) is 0.348. The molecule has 0 aromatic heterocycles. The van der Waals surface area contributed by atoms with E-state index in [0.29, 0.717) is 18.8 Å². The van der Waals surface area contributed by atoms with Gasteiger partial charge < -0.3 is 10.6 Å². The fourth-order valence-corrected chi connectivity index (χ4v) is 3.12. The minimum Gasteiger partial charge on any atom is -0.378 e. The van der Waals surface area contributed by atoms with E-state index in [4.69, 9.17) is 0 Å². The highest BCUT2D eigenvalue weighted by Crippen LogP contribution is 2.47. The van der Waals surface area contributed by atoms with Gasteiger partial charge in [-0.15, -0.1) is 0 Å². The van der Waals surface area contributed by atoms with Gasteiger partial charge in [0.2, 0.25) is 5.91 Å². The number of rotatable bonds is 7. The summed E-state index contributed by atoms with van der Waals surface area (Å²) in [5.41, 5.74) is 1.67. The van der Waals surface area contributed by atoms with E-state index in [1.165, 1.54) is 11.6 Å². The van der Waals surface area contributed by atoms with E-state index >= 15 is 0 Å². The first-order valence-electron chi connectivity index (χ1n) is 8.06. The first kappa shape index (κ1) is 17.4. The highest BCUT2D eigenvalue weighted by Gasteiger charge is 2.43. The maximum Gasteiger partial charge on any atom is 0.292 e. The van der Waals surface area contributed by atoms with Gasteiger partial charge in [-0.05, 0) is 36.1 Å². The number of hydrogen-bond acceptors (Lipinski definition) is 4. The first-order chi connectivity index (χ1) is 12.1. The number of nitro groups is 1. The second kappa shape index (κ2) is 7.65. The van der Waals surface area contributed by atoms with Crippen LogP contribution in [0.1, 0.15) is 17.9 Å². The van der Waals surface area contributed by atoms with Gasteiger partial charge in [-0.3, -0.25) is 14.9 Å². The van der Waals surface area contributed by atoms with Gasteiger partial charge in [0.15, 0.2) is 0 Å². The standard InChI is InChI=1S/C18H18BrN3O3/c19-13-7-5-12(6-8-13)14-11-15(14)18(23)21-10-9-20-16-3-1-2-4-17(16)22(24)25/h1-8,14-15,20H,9-11H2,(H,21,23). The molecular weight excluding hydrogens is 386 g/mol. The molecule has 2 aromatic carbocycles. The van der Waals surface area contributed by atoms with Crippen LogP contribution in [0.3, 0.4) is 0 Å². The molecule has 1 saturated carbocycles. The van der Waals surface area contributed by atoms with Crippen molar-refractivity contribution in [3.05, 3.63) is 68.7 Å².